The SMILES string of the molecule is CCCC1(Nc2cc(C)c(Br)cn2)CC1. The summed E-state index contributed by atoms with van der Waals surface area (Å²) in [6.45, 7) is 4.33. The maximum atomic E-state index is 4.39. The lowest BCUT2D eigenvalue weighted by atomic mass is 10.1. The molecule has 0 aliphatic heterocycles. The van der Waals surface area contributed by atoms with Crippen LogP contribution in [0.2, 0.25) is 0 Å². The second kappa shape index (κ2) is 4.12. The molecule has 2 nitrogen and oxygen atoms in total. The van der Waals surface area contributed by atoms with Crippen LogP contribution >= 0.6 is 15.9 Å². The monoisotopic (exact) mass is 268 g/mol. The standard InChI is InChI=1S/C12H17BrN2/c1-3-4-12(5-6-12)15-11-7-9(2)10(13)8-14-11/h7-8H,3-6H2,1-2H3,(H,14,15). The van der Waals surface area contributed by atoms with Gasteiger partial charge in [0.1, 0.15) is 5.82 Å². The Kier molecular flexibility index (Phi) is 3.01. The number of halogens is 1. The Hall–Kier alpha value is -0.570. The number of aromatic nitrogens is 1. The van der Waals surface area contributed by atoms with Crippen molar-refractivity contribution in [2.24, 2.45) is 0 Å². The summed E-state index contributed by atoms with van der Waals surface area (Å²) in [5, 5.41) is 3.57. The van der Waals surface area contributed by atoms with Gasteiger partial charge in [-0.05, 0) is 53.7 Å². The van der Waals surface area contributed by atoms with Crippen molar-refractivity contribution in [3.05, 3.63) is 22.3 Å². The first-order valence-corrected chi connectivity index (χ1v) is 6.35. The van der Waals surface area contributed by atoms with Crippen molar-refractivity contribution in [1.82, 2.24) is 4.98 Å². The Labute approximate surface area is 99.6 Å². The van der Waals surface area contributed by atoms with E-state index >= 15 is 0 Å². The smallest absolute Gasteiger partial charge is 0.126 e. The molecule has 3 heteroatoms. The molecule has 0 spiro atoms. The molecule has 0 atom stereocenters. The van der Waals surface area contributed by atoms with Crippen LogP contribution < -0.4 is 5.32 Å². The molecule has 1 aromatic rings. The summed E-state index contributed by atoms with van der Waals surface area (Å²) in [6.07, 6.45) is 6.95. The average Bonchev–Trinajstić information content (AvgIpc) is 2.92. The van der Waals surface area contributed by atoms with Gasteiger partial charge in [-0.15, -0.1) is 0 Å². The Balaban J connectivity index is 2.08. The number of aryl methyl sites for hydroxylation is 1. The minimum atomic E-state index is 0.363. The van der Waals surface area contributed by atoms with Crippen molar-refractivity contribution in [3.63, 3.8) is 0 Å². The zero-order valence-electron chi connectivity index (χ0n) is 9.31. The molecule has 1 aromatic heterocycles. The van der Waals surface area contributed by atoms with Gasteiger partial charge in [0.2, 0.25) is 0 Å². The number of hydrogen-bond acceptors (Lipinski definition) is 2. The molecule has 0 aromatic carbocycles. The van der Waals surface area contributed by atoms with Crippen LogP contribution in [-0.4, -0.2) is 10.5 Å². The lowest BCUT2D eigenvalue weighted by Gasteiger charge is -2.17. The van der Waals surface area contributed by atoms with Crippen LogP contribution in [0.5, 0.6) is 0 Å². The summed E-state index contributed by atoms with van der Waals surface area (Å²) in [7, 11) is 0. The summed E-state index contributed by atoms with van der Waals surface area (Å²) < 4.78 is 1.08. The Bertz CT molecular complexity index is 359. The van der Waals surface area contributed by atoms with E-state index in [-0.39, 0.29) is 0 Å². The van der Waals surface area contributed by atoms with Crippen LogP contribution in [-0.2, 0) is 0 Å². The van der Waals surface area contributed by atoms with Crippen LogP contribution in [0, 0.1) is 6.92 Å². The van der Waals surface area contributed by atoms with Crippen molar-refractivity contribution < 1.29 is 0 Å². The van der Waals surface area contributed by atoms with Gasteiger partial charge in [-0.2, -0.15) is 0 Å². The van der Waals surface area contributed by atoms with Gasteiger partial charge in [-0.1, -0.05) is 13.3 Å². The predicted octanol–water partition coefficient (Wildman–Crippen LogP) is 3.90. The van der Waals surface area contributed by atoms with Crippen LogP contribution in [0.3, 0.4) is 0 Å². The minimum absolute atomic E-state index is 0.363. The summed E-state index contributed by atoms with van der Waals surface area (Å²) in [4.78, 5) is 4.39. The fourth-order valence-electron chi connectivity index (χ4n) is 1.95. The molecule has 1 N–H and O–H groups in total. The van der Waals surface area contributed by atoms with E-state index in [2.05, 4.69) is 46.1 Å². The molecule has 0 saturated heterocycles. The fourth-order valence-corrected chi connectivity index (χ4v) is 2.16. The van der Waals surface area contributed by atoms with Gasteiger partial charge in [0, 0.05) is 16.2 Å². The van der Waals surface area contributed by atoms with Gasteiger partial charge in [0.25, 0.3) is 0 Å². The number of rotatable bonds is 4. The summed E-state index contributed by atoms with van der Waals surface area (Å²) >= 11 is 3.47. The van der Waals surface area contributed by atoms with Crippen molar-refractivity contribution in [1.29, 1.82) is 0 Å². The molecular weight excluding hydrogens is 252 g/mol. The van der Waals surface area contributed by atoms with Gasteiger partial charge in [-0.3, -0.25) is 0 Å². The Morgan fingerprint density at radius 3 is 2.80 bits per heavy atom. The van der Waals surface area contributed by atoms with E-state index in [1.165, 1.54) is 31.2 Å². The predicted molar refractivity (Wildman–Crippen MR) is 67.2 cm³/mol. The highest BCUT2D eigenvalue weighted by atomic mass is 79.9. The van der Waals surface area contributed by atoms with Gasteiger partial charge < -0.3 is 5.32 Å². The molecule has 0 bridgehead atoms. The lowest BCUT2D eigenvalue weighted by Crippen LogP contribution is -2.21. The highest BCUT2D eigenvalue weighted by Gasteiger charge is 2.41. The highest BCUT2D eigenvalue weighted by molar-refractivity contribution is 9.10. The van der Waals surface area contributed by atoms with Gasteiger partial charge in [0.05, 0.1) is 0 Å². The van der Waals surface area contributed by atoms with E-state index in [1.807, 2.05) is 6.20 Å². The maximum Gasteiger partial charge on any atom is 0.126 e. The molecule has 15 heavy (non-hydrogen) atoms. The third-order valence-corrected chi connectivity index (χ3v) is 3.85. The van der Waals surface area contributed by atoms with E-state index < -0.39 is 0 Å². The Morgan fingerprint density at radius 2 is 2.27 bits per heavy atom. The van der Waals surface area contributed by atoms with Crippen molar-refractivity contribution in [3.8, 4) is 0 Å². The van der Waals surface area contributed by atoms with Gasteiger partial charge >= 0.3 is 0 Å². The fraction of sp³-hybridized carbons (Fsp3) is 0.583. The second-order valence-corrected chi connectivity index (χ2v) is 5.33. The minimum Gasteiger partial charge on any atom is -0.365 e. The van der Waals surface area contributed by atoms with E-state index in [0.717, 1.165) is 10.3 Å². The molecule has 0 radical (unpaired) electrons. The normalized spacial score (nSPS) is 17.5. The molecule has 1 heterocycles. The first-order valence-electron chi connectivity index (χ1n) is 5.55. The second-order valence-electron chi connectivity index (χ2n) is 4.47. The van der Waals surface area contributed by atoms with Gasteiger partial charge in [0.15, 0.2) is 0 Å². The molecule has 1 saturated carbocycles. The largest absolute Gasteiger partial charge is 0.365 e. The first kappa shape index (κ1) is 10.9. The van der Waals surface area contributed by atoms with Crippen LogP contribution in [0.4, 0.5) is 5.82 Å². The average molecular weight is 269 g/mol. The van der Waals surface area contributed by atoms with Gasteiger partial charge in [-0.25, -0.2) is 4.98 Å². The summed E-state index contributed by atoms with van der Waals surface area (Å²) in [5.41, 5.74) is 1.60. The number of nitrogens with zero attached hydrogens (tertiary/aromatic N) is 1. The van der Waals surface area contributed by atoms with E-state index in [0.29, 0.717) is 5.54 Å². The topological polar surface area (TPSA) is 24.9 Å². The van der Waals surface area contributed by atoms with Crippen LogP contribution in [0.15, 0.2) is 16.7 Å². The number of nitrogens with one attached hydrogen (secondary N) is 1. The van der Waals surface area contributed by atoms with Crippen LogP contribution in [0.1, 0.15) is 38.2 Å². The zero-order valence-corrected chi connectivity index (χ0v) is 10.9. The molecular formula is C12H17BrN2. The van der Waals surface area contributed by atoms with E-state index in [9.17, 15) is 0 Å². The molecule has 0 amide bonds. The zero-order chi connectivity index (χ0) is 10.9. The number of anilines is 1. The molecule has 1 fully saturated rings. The third-order valence-electron chi connectivity index (χ3n) is 3.02. The molecule has 2 rings (SSSR count). The summed E-state index contributed by atoms with van der Waals surface area (Å²) in [6, 6.07) is 2.11. The number of hydrogen-bond donors (Lipinski definition) is 1. The summed E-state index contributed by atoms with van der Waals surface area (Å²) in [5.74, 6) is 1.02. The lowest BCUT2D eigenvalue weighted by molar-refractivity contribution is 0.636. The Morgan fingerprint density at radius 1 is 1.53 bits per heavy atom. The quantitative estimate of drug-likeness (QED) is 0.896. The molecule has 1 aliphatic carbocycles. The van der Waals surface area contributed by atoms with E-state index in [1.54, 1.807) is 0 Å². The van der Waals surface area contributed by atoms with Crippen molar-refractivity contribution >= 4 is 21.7 Å². The van der Waals surface area contributed by atoms with Crippen LogP contribution in [0.25, 0.3) is 0 Å². The molecule has 0 unspecified atom stereocenters. The maximum absolute atomic E-state index is 4.39. The highest BCUT2D eigenvalue weighted by Crippen LogP contribution is 2.42. The van der Waals surface area contributed by atoms with Crippen molar-refractivity contribution in [2.45, 2.75) is 45.1 Å². The van der Waals surface area contributed by atoms with E-state index in [4.69, 9.17) is 0 Å². The molecule has 1 aliphatic rings. The third kappa shape index (κ3) is 2.51. The number of pyridine rings is 1. The first-order chi connectivity index (χ1) is 7.15. The van der Waals surface area contributed by atoms with Crippen molar-refractivity contribution in [2.75, 3.05) is 5.32 Å². The molecule has 82 valence electrons.